The van der Waals surface area contributed by atoms with Crippen molar-refractivity contribution in [1.29, 1.82) is 0 Å². The number of carbonyl (C=O) groups excluding carboxylic acids is 1. The first-order valence-electron chi connectivity index (χ1n) is 10.7. The fourth-order valence-electron chi connectivity index (χ4n) is 3.52. The lowest BCUT2D eigenvalue weighted by molar-refractivity contribution is -0.121. The molecule has 0 aliphatic carbocycles. The SMILES string of the molecule is CC(C)NC(=O)C(Sc1nc2ccccc2c(=O)n1Cc1ccc(F)cc1)c1ccccc1. The third-order valence-corrected chi connectivity index (χ3v) is 6.32. The van der Waals surface area contributed by atoms with Crippen LogP contribution in [0.2, 0.25) is 0 Å². The molecule has 0 saturated carbocycles. The van der Waals surface area contributed by atoms with Crippen LogP contribution in [-0.4, -0.2) is 21.5 Å². The van der Waals surface area contributed by atoms with Gasteiger partial charge in [-0.05, 0) is 49.2 Å². The fourth-order valence-corrected chi connectivity index (χ4v) is 4.62. The van der Waals surface area contributed by atoms with Crippen LogP contribution < -0.4 is 10.9 Å². The number of benzene rings is 3. The quantitative estimate of drug-likeness (QED) is 0.313. The van der Waals surface area contributed by atoms with Crippen LogP contribution in [0, 0.1) is 5.82 Å². The van der Waals surface area contributed by atoms with Crippen LogP contribution in [0.4, 0.5) is 4.39 Å². The number of hydrogen-bond donors (Lipinski definition) is 1. The van der Waals surface area contributed by atoms with Crippen LogP contribution in [0.1, 0.15) is 30.2 Å². The lowest BCUT2D eigenvalue weighted by atomic mass is 10.1. The number of amides is 1. The highest BCUT2D eigenvalue weighted by Gasteiger charge is 2.25. The number of halogens is 1. The van der Waals surface area contributed by atoms with Gasteiger partial charge in [0.2, 0.25) is 5.91 Å². The van der Waals surface area contributed by atoms with Crippen molar-refractivity contribution >= 4 is 28.6 Å². The molecule has 168 valence electrons. The van der Waals surface area contributed by atoms with E-state index in [0.29, 0.717) is 16.1 Å². The van der Waals surface area contributed by atoms with Gasteiger partial charge in [-0.3, -0.25) is 14.2 Å². The Balaban J connectivity index is 1.82. The highest BCUT2D eigenvalue weighted by Crippen LogP contribution is 2.35. The molecule has 4 rings (SSSR count). The number of rotatable bonds is 7. The van der Waals surface area contributed by atoms with Crippen LogP contribution in [-0.2, 0) is 11.3 Å². The zero-order chi connectivity index (χ0) is 23.4. The molecule has 0 spiro atoms. The average Bonchev–Trinajstić information content (AvgIpc) is 2.81. The van der Waals surface area contributed by atoms with E-state index in [4.69, 9.17) is 4.98 Å². The smallest absolute Gasteiger partial charge is 0.262 e. The van der Waals surface area contributed by atoms with Crippen LogP contribution in [0.15, 0.2) is 88.8 Å². The van der Waals surface area contributed by atoms with E-state index in [1.807, 2.05) is 50.2 Å². The van der Waals surface area contributed by atoms with Crippen molar-refractivity contribution in [2.24, 2.45) is 0 Å². The van der Waals surface area contributed by atoms with Crippen LogP contribution in [0.25, 0.3) is 10.9 Å². The molecule has 1 aromatic heterocycles. The molecule has 0 fully saturated rings. The molecule has 0 aliphatic rings. The Bertz CT molecular complexity index is 1320. The van der Waals surface area contributed by atoms with Gasteiger partial charge in [0, 0.05) is 6.04 Å². The van der Waals surface area contributed by atoms with Gasteiger partial charge in [-0.15, -0.1) is 0 Å². The minimum atomic E-state index is -0.596. The van der Waals surface area contributed by atoms with Gasteiger partial charge in [0.25, 0.3) is 5.56 Å². The second kappa shape index (κ2) is 10.0. The summed E-state index contributed by atoms with van der Waals surface area (Å²) >= 11 is 1.24. The molecule has 7 heteroatoms. The Kier molecular flexibility index (Phi) is 6.89. The van der Waals surface area contributed by atoms with E-state index >= 15 is 0 Å². The molecule has 0 aliphatic heterocycles. The summed E-state index contributed by atoms with van der Waals surface area (Å²) in [6.45, 7) is 4.03. The molecule has 4 aromatic rings. The van der Waals surface area contributed by atoms with Gasteiger partial charge in [0.15, 0.2) is 5.16 Å². The zero-order valence-corrected chi connectivity index (χ0v) is 19.2. The lowest BCUT2D eigenvalue weighted by Gasteiger charge is -2.20. The molecule has 5 nitrogen and oxygen atoms in total. The van der Waals surface area contributed by atoms with Crippen molar-refractivity contribution in [3.63, 3.8) is 0 Å². The third-order valence-electron chi connectivity index (χ3n) is 5.08. The number of hydrogen-bond acceptors (Lipinski definition) is 4. The Morgan fingerprint density at radius 3 is 2.36 bits per heavy atom. The number of nitrogens with one attached hydrogen (secondary N) is 1. The summed E-state index contributed by atoms with van der Waals surface area (Å²) in [5.41, 5.74) is 1.94. The maximum atomic E-state index is 13.4. The molecule has 1 atom stereocenters. The molecule has 1 N–H and O–H groups in total. The molecule has 0 bridgehead atoms. The topological polar surface area (TPSA) is 64.0 Å². The van der Waals surface area contributed by atoms with Crippen molar-refractivity contribution in [3.05, 3.63) is 106 Å². The second-order valence-corrected chi connectivity index (χ2v) is 9.07. The molecule has 1 unspecified atom stereocenters. The summed E-state index contributed by atoms with van der Waals surface area (Å²) in [4.78, 5) is 31.3. The second-order valence-electron chi connectivity index (χ2n) is 8.00. The summed E-state index contributed by atoms with van der Waals surface area (Å²) in [6.07, 6.45) is 0. The van der Waals surface area contributed by atoms with E-state index in [1.165, 1.54) is 23.9 Å². The Morgan fingerprint density at radius 1 is 1.00 bits per heavy atom. The van der Waals surface area contributed by atoms with Gasteiger partial charge in [0.05, 0.1) is 17.4 Å². The van der Waals surface area contributed by atoms with Gasteiger partial charge >= 0.3 is 0 Å². The van der Waals surface area contributed by atoms with Crippen molar-refractivity contribution in [1.82, 2.24) is 14.9 Å². The highest BCUT2D eigenvalue weighted by atomic mass is 32.2. The van der Waals surface area contributed by atoms with Gasteiger partial charge < -0.3 is 5.32 Å². The molecule has 0 radical (unpaired) electrons. The fraction of sp³-hybridized carbons (Fsp3) is 0.192. The summed E-state index contributed by atoms with van der Waals surface area (Å²) in [7, 11) is 0. The molecule has 1 heterocycles. The predicted octanol–water partition coefficient (Wildman–Crippen LogP) is 4.94. The Hall–Kier alpha value is -3.45. The average molecular weight is 462 g/mol. The molecular weight excluding hydrogens is 437 g/mol. The largest absolute Gasteiger partial charge is 0.353 e. The standard InChI is InChI=1S/C26H24FN3O2S/c1-17(2)28-24(31)23(19-8-4-3-5-9-19)33-26-29-22-11-7-6-10-21(22)25(32)30(26)16-18-12-14-20(27)15-13-18/h3-15,17,23H,16H2,1-2H3,(H,28,31). The van der Waals surface area contributed by atoms with Crippen molar-refractivity contribution in [2.45, 2.75) is 36.8 Å². The predicted molar refractivity (Wildman–Crippen MR) is 130 cm³/mol. The van der Waals surface area contributed by atoms with Crippen molar-refractivity contribution in [2.75, 3.05) is 0 Å². The van der Waals surface area contributed by atoms with Gasteiger partial charge in [0.1, 0.15) is 11.1 Å². The van der Waals surface area contributed by atoms with E-state index in [2.05, 4.69) is 5.32 Å². The summed E-state index contributed by atoms with van der Waals surface area (Å²) < 4.78 is 15.0. The number of fused-ring (bicyclic) bond motifs is 1. The minimum absolute atomic E-state index is 0.0321. The van der Waals surface area contributed by atoms with Gasteiger partial charge in [-0.25, -0.2) is 9.37 Å². The monoisotopic (exact) mass is 461 g/mol. The Morgan fingerprint density at radius 2 is 1.67 bits per heavy atom. The molecule has 0 saturated heterocycles. The number of para-hydroxylation sites is 1. The summed E-state index contributed by atoms with van der Waals surface area (Å²) in [6, 6.07) is 22.6. The number of aromatic nitrogens is 2. The van der Waals surface area contributed by atoms with Crippen LogP contribution in [0.3, 0.4) is 0 Å². The summed E-state index contributed by atoms with van der Waals surface area (Å²) in [5.74, 6) is -0.497. The van der Waals surface area contributed by atoms with E-state index < -0.39 is 5.25 Å². The lowest BCUT2D eigenvalue weighted by Crippen LogP contribution is -2.34. The van der Waals surface area contributed by atoms with Gasteiger partial charge in [-0.1, -0.05) is 66.4 Å². The van der Waals surface area contributed by atoms with E-state index in [9.17, 15) is 14.0 Å². The van der Waals surface area contributed by atoms with Crippen molar-refractivity contribution in [3.8, 4) is 0 Å². The van der Waals surface area contributed by atoms with Crippen LogP contribution in [0.5, 0.6) is 0 Å². The van der Waals surface area contributed by atoms with Crippen molar-refractivity contribution < 1.29 is 9.18 Å². The highest BCUT2D eigenvalue weighted by molar-refractivity contribution is 8.00. The number of carbonyl (C=O) groups is 1. The molecule has 3 aromatic carbocycles. The van der Waals surface area contributed by atoms with Gasteiger partial charge in [-0.2, -0.15) is 0 Å². The normalized spacial score (nSPS) is 12.1. The molecule has 1 amide bonds. The minimum Gasteiger partial charge on any atom is -0.353 e. The molecule has 33 heavy (non-hydrogen) atoms. The Labute approximate surface area is 195 Å². The van der Waals surface area contributed by atoms with E-state index in [0.717, 1.165) is 11.1 Å². The number of thioether (sulfide) groups is 1. The summed E-state index contributed by atoms with van der Waals surface area (Å²) in [5, 5.41) is 3.30. The first-order chi connectivity index (χ1) is 15.9. The maximum Gasteiger partial charge on any atom is 0.262 e. The number of nitrogens with zero attached hydrogens (tertiary/aromatic N) is 2. The maximum absolute atomic E-state index is 13.4. The van der Waals surface area contributed by atoms with Crippen LogP contribution >= 0.6 is 11.8 Å². The first kappa shape index (κ1) is 22.7. The third kappa shape index (κ3) is 5.31. The van der Waals surface area contributed by atoms with E-state index in [1.54, 1.807) is 34.9 Å². The first-order valence-corrected chi connectivity index (χ1v) is 11.6. The zero-order valence-electron chi connectivity index (χ0n) is 18.4. The van der Waals surface area contributed by atoms with E-state index in [-0.39, 0.29) is 29.9 Å². The molecular formula is C26H24FN3O2S.